The first-order chi connectivity index (χ1) is 9.75. The van der Waals surface area contributed by atoms with E-state index in [1.165, 1.54) is 12.7 Å². The molecule has 0 spiro atoms. The molecule has 0 saturated carbocycles. The maximum absolute atomic E-state index is 4.91. The Bertz CT molecular complexity index is 908. The van der Waals surface area contributed by atoms with Gasteiger partial charge < -0.3 is 15.0 Å². The monoisotopic (exact) mass is 304 g/mol. The predicted molar refractivity (Wildman–Crippen MR) is 78.0 cm³/mol. The molecule has 100 valence electrons. The first-order valence-corrected chi connectivity index (χ1v) is 6.31. The summed E-state index contributed by atoms with van der Waals surface area (Å²) in [6, 6.07) is 0. The van der Waals surface area contributed by atoms with Crippen molar-refractivity contribution in [3.63, 3.8) is 0 Å². The van der Waals surface area contributed by atoms with E-state index in [1.54, 1.807) is 12.7 Å². The van der Waals surface area contributed by atoms with E-state index in [4.69, 9.17) is 12.2 Å². The molecule has 0 amide bonds. The van der Waals surface area contributed by atoms with Crippen LogP contribution in [0.1, 0.15) is 0 Å². The Hall–Kier alpha value is -2.33. The number of aromatic amines is 3. The van der Waals surface area contributed by atoms with Crippen molar-refractivity contribution in [3.8, 4) is 0 Å². The zero-order chi connectivity index (χ0) is 13.9. The van der Waals surface area contributed by atoms with Crippen LogP contribution in [-0.4, -0.2) is 39.9 Å². The molecule has 0 aromatic carbocycles. The van der Waals surface area contributed by atoms with Crippen LogP contribution in [0.4, 0.5) is 0 Å². The van der Waals surface area contributed by atoms with Gasteiger partial charge in [0.25, 0.3) is 0 Å². The van der Waals surface area contributed by atoms with Crippen molar-refractivity contribution in [1.29, 1.82) is 0 Å². The Morgan fingerprint density at radius 2 is 1.60 bits per heavy atom. The highest BCUT2D eigenvalue weighted by Gasteiger charge is 1.99. The molecule has 4 heterocycles. The molecule has 0 unspecified atom stereocenters. The standard InChI is InChI=1S/2C5H4N4S/c2*10-5-3-4(7-1-6-3)8-2-9-5/h2*1-2H,(H2,6,7,8,9,10). The summed E-state index contributed by atoms with van der Waals surface area (Å²) in [7, 11) is 0. The average Bonchev–Trinajstić information content (AvgIpc) is 3.08. The lowest BCUT2D eigenvalue weighted by molar-refractivity contribution is 1.09. The van der Waals surface area contributed by atoms with Crippen LogP contribution in [0, 0.1) is 4.64 Å². The van der Waals surface area contributed by atoms with Crippen LogP contribution in [-0.2, 0) is 0 Å². The lowest BCUT2D eigenvalue weighted by Crippen LogP contribution is -1.81. The summed E-state index contributed by atoms with van der Waals surface area (Å²) in [6.45, 7) is 0. The molecule has 3 N–H and O–H groups in total. The summed E-state index contributed by atoms with van der Waals surface area (Å²) >= 11 is 8.99. The number of hydrogen-bond donors (Lipinski definition) is 4. The molecule has 0 bridgehead atoms. The summed E-state index contributed by atoms with van der Waals surface area (Å²) in [5, 5.41) is 0.603. The molecule has 10 heteroatoms. The van der Waals surface area contributed by atoms with E-state index in [0.29, 0.717) is 15.2 Å². The quantitative estimate of drug-likeness (QED) is 0.223. The zero-order valence-electron chi connectivity index (χ0n) is 9.90. The van der Waals surface area contributed by atoms with Gasteiger partial charge in [-0.1, -0.05) is 12.2 Å². The molecule has 20 heavy (non-hydrogen) atoms. The van der Waals surface area contributed by atoms with Gasteiger partial charge in [0.15, 0.2) is 15.9 Å². The van der Waals surface area contributed by atoms with Crippen LogP contribution in [0.15, 0.2) is 30.3 Å². The topological polar surface area (TPSA) is 112 Å². The van der Waals surface area contributed by atoms with Crippen LogP contribution >= 0.6 is 24.8 Å². The average molecular weight is 304 g/mol. The van der Waals surface area contributed by atoms with Gasteiger partial charge in [0.2, 0.25) is 0 Å². The van der Waals surface area contributed by atoms with E-state index < -0.39 is 0 Å². The maximum atomic E-state index is 4.91. The Morgan fingerprint density at radius 1 is 0.850 bits per heavy atom. The van der Waals surface area contributed by atoms with E-state index in [9.17, 15) is 0 Å². The van der Waals surface area contributed by atoms with Gasteiger partial charge in [0, 0.05) is 0 Å². The van der Waals surface area contributed by atoms with Gasteiger partial charge in [0.1, 0.15) is 22.4 Å². The first-order valence-electron chi connectivity index (χ1n) is 5.45. The molecular formula is C10H8N8S2. The van der Waals surface area contributed by atoms with E-state index in [-0.39, 0.29) is 0 Å². The number of aromatic nitrogens is 8. The fourth-order valence-corrected chi connectivity index (χ4v) is 1.96. The largest absolute Gasteiger partial charge is 0.341 e. The van der Waals surface area contributed by atoms with Crippen LogP contribution in [0.5, 0.6) is 0 Å². The number of imidazole rings is 2. The highest BCUT2D eigenvalue weighted by Crippen LogP contribution is 2.11. The van der Waals surface area contributed by atoms with Crippen molar-refractivity contribution >= 4 is 47.2 Å². The van der Waals surface area contributed by atoms with Gasteiger partial charge >= 0.3 is 0 Å². The Kier molecular flexibility index (Phi) is 3.39. The SMILES string of the molecule is S=c1nc[nH]c2nc[nH]c12.Sc1ncnc2[nH]cnc12. The van der Waals surface area contributed by atoms with Gasteiger partial charge in [-0.05, 0) is 0 Å². The highest BCUT2D eigenvalue weighted by atomic mass is 32.1. The Balaban J connectivity index is 0.000000121. The second-order valence-electron chi connectivity index (χ2n) is 3.63. The van der Waals surface area contributed by atoms with Gasteiger partial charge in [0.05, 0.1) is 19.0 Å². The molecule has 4 aromatic heterocycles. The van der Waals surface area contributed by atoms with Crippen molar-refractivity contribution in [2.75, 3.05) is 0 Å². The summed E-state index contributed by atoms with van der Waals surface area (Å²) in [6.07, 6.45) is 6.13. The molecule has 0 aliphatic carbocycles. The minimum atomic E-state index is 0.547. The third kappa shape index (κ3) is 2.38. The Labute approximate surface area is 122 Å². The highest BCUT2D eigenvalue weighted by molar-refractivity contribution is 7.80. The molecule has 0 atom stereocenters. The van der Waals surface area contributed by atoms with Crippen LogP contribution < -0.4 is 0 Å². The fraction of sp³-hybridized carbons (Fsp3) is 0. The third-order valence-electron chi connectivity index (χ3n) is 2.43. The maximum Gasteiger partial charge on any atom is 0.161 e. The smallest absolute Gasteiger partial charge is 0.161 e. The molecule has 0 saturated heterocycles. The van der Waals surface area contributed by atoms with Crippen LogP contribution in [0.3, 0.4) is 0 Å². The lowest BCUT2D eigenvalue weighted by atomic mass is 10.6. The predicted octanol–water partition coefficient (Wildman–Crippen LogP) is 1.66. The second-order valence-corrected chi connectivity index (χ2v) is 4.44. The van der Waals surface area contributed by atoms with Crippen LogP contribution in [0.25, 0.3) is 22.3 Å². The van der Waals surface area contributed by atoms with E-state index in [1.807, 2.05) is 0 Å². The number of fused-ring (bicyclic) bond motifs is 2. The van der Waals surface area contributed by atoms with Crippen molar-refractivity contribution in [2.45, 2.75) is 5.03 Å². The number of thiol groups is 1. The lowest BCUT2D eigenvalue weighted by Gasteiger charge is -1.87. The first kappa shape index (κ1) is 12.7. The van der Waals surface area contributed by atoms with E-state index in [0.717, 1.165) is 16.8 Å². The van der Waals surface area contributed by atoms with Crippen molar-refractivity contribution < 1.29 is 0 Å². The molecular weight excluding hydrogens is 296 g/mol. The summed E-state index contributed by atoms with van der Waals surface area (Å²) in [4.78, 5) is 28.1. The third-order valence-corrected chi connectivity index (χ3v) is 3.07. The van der Waals surface area contributed by atoms with Gasteiger partial charge in [-0.15, -0.1) is 12.6 Å². The normalized spacial score (nSPS) is 10.4. The van der Waals surface area contributed by atoms with Crippen LogP contribution in [0.2, 0.25) is 0 Å². The number of nitrogens with zero attached hydrogens (tertiary/aromatic N) is 5. The second kappa shape index (κ2) is 5.35. The summed E-state index contributed by atoms with van der Waals surface area (Å²) in [5.74, 6) is 0. The molecule has 0 radical (unpaired) electrons. The summed E-state index contributed by atoms with van der Waals surface area (Å²) in [5.41, 5.74) is 2.98. The molecule has 8 nitrogen and oxygen atoms in total. The Morgan fingerprint density at radius 3 is 2.40 bits per heavy atom. The number of nitrogens with one attached hydrogen (secondary N) is 3. The zero-order valence-corrected chi connectivity index (χ0v) is 11.6. The number of H-pyrrole nitrogens is 3. The molecule has 4 rings (SSSR count). The van der Waals surface area contributed by atoms with E-state index >= 15 is 0 Å². The molecule has 0 aliphatic rings. The summed E-state index contributed by atoms with van der Waals surface area (Å²) < 4.78 is 0.547. The van der Waals surface area contributed by atoms with Crippen molar-refractivity contribution in [2.24, 2.45) is 0 Å². The number of hydrogen-bond acceptors (Lipinski definition) is 7. The minimum absolute atomic E-state index is 0.547. The van der Waals surface area contributed by atoms with Crippen molar-refractivity contribution in [3.05, 3.63) is 29.9 Å². The van der Waals surface area contributed by atoms with Gasteiger partial charge in [-0.3, -0.25) is 0 Å². The minimum Gasteiger partial charge on any atom is -0.341 e. The van der Waals surface area contributed by atoms with E-state index in [2.05, 4.69) is 52.5 Å². The molecule has 4 aromatic rings. The van der Waals surface area contributed by atoms with Crippen molar-refractivity contribution in [1.82, 2.24) is 39.9 Å². The molecule has 0 fully saturated rings. The molecule has 0 aliphatic heterocycles. The van der Waals surface area contributed by atoms with Gasteiger partial charge in [-0.2, -0.15) is 0 Å². The van der Waals surface area contributed by atoms with Gasteiger partial charge in [-0.25, -0.2) is 24.9 Å². The fourth-order valence-electron chi connectivity index (χ4n) is 1.54. The number of rotatable bonds is 0.